The van der Waals surface area contributed by atoms with Crippen molar-refractivity contribution >= 4 is 11.9 Å². The Kier molecular flexibility index (Phi) is 6.26. The molecule has 1 atom stereocenters. The fraction of sp³-hybridized carbons (Fsp3) is 0.857. The second kappa shape index (κ2) is 7.47. The quantitative estimate of drug-likeness (QED) is 0.649. The molecule has 0 radical (unpaired) electrons. The normalized spacial score (nSPS) is 18.1. The van der Waals surface area contributed by atoms with Crippen molar-refractivity contribution in [2.75, 3.05) is 27.3 Å². The van der Waals surface area contributed by atoms with E-state index < -0.39 is 6.04 Å². The van der Waals surface area contributed by atoms with Crippen molar-refractivity contribution in [1.29, 1.82) is 0 Å². The molecule has 1 saturated carbocycles. The molecule has 0 aliphatic heterocycles. The Morgan fingerprint density at radius 3 is 2.35 bits per heavy atom. The molecule has 6 heteroatoms. The summed E-state index contributed by atoms with van der Waals surface area (Å²) in [5.74, 6) is -0.136. The third-order valence-corrected chi connectivity index (χ3v) is 3.97. The molecule has 0 aromatic carbocycles. The molecule has 1 aliphatic carbocycles. The summed E-state index contributed by atoms with van der Waals surface area (Å²) in [6.45, 7) is 5.05. The Morgan fingerprint density at radius 2 is 1.95 bits per heavy atom. The Morgan fingerprint density at radius 1 is 1.30 bits per heavy atom. The van der Waals surface area contributed by atoms with Crippen LogP contribution in [0.2, 0.25) is 0 Å². The fourth-order valence-corrected chi connectivity index (χ4v) is 2.51. The first-order valence-electron chi connectivity index (χ1n) is 7.19. The molecule has 1 fully saturated rings. The molecule has 0 aromatic heterocycles. The van der Waals surface area contributed by atoms with E-state index in [1.165, 1.54) is 6.42 Å². The van der Waals surface area contributed by atoms with Gasteiger partial charge in [-0.2, -0.15) is 0 Å². The number of rotatable bonds is 7. The van der Waals surface area contributed by atoms with Crippen molar-refractivity contribution < 1.29 is 14.3 Å². The van der Waals surface area contributed by atoms with Crippen LogP contribution in [0.4, 0.5) is 4.79 Å². The lowest BCUT2D eigenvalue weighted by Gasteiger charge is -2.41. The van der Waals surface area contributed by atoms with E-state index in [0.717, 1.165) is 12.8 Å². The zero-order valence-corrected chi connectivity index (χ0v) is 12.9. The molecule has 0 aromatic rings. The van der Waals surface area contributed by atoms with E-state index in [9.17, 15) is 9.59 Å². The van der Waals surface area contributed by atoms with Crippen molar-refractivity contribution in [2.24, 2.45) is 11.3 Å². The average Bonchev–Trinajstić information content (AvgIpc) is 2.37. The van der Waals surface area contributed by atoms with Crippen LogP contribution in [0.3, 0.4) is 0 Å². The monoisotopic (exact) mass is 285 g/mol. The number of urea groups is 1. The topological polar surface area (TPSA) is 79.5 Å². The number of methoxy groups -OCH3 is 1. The van der Waals surface area contributed by atoms with Crippen molar-refractivity contribution in [2.45, 2.75) is 39.2 Å². The van der Waals surface area contributed by atoms with Gasteiger partial charge in [0, 0.05) is 26.1 Å². The predicted octanol–water partition coefficient (Wildman–Crippen LogP) is 0.873. The Bertz CT molecular complexity index is 341. The SMILES string of the molecule is CNC(=O)[C@@H](NC(=O)NCC1(COC)CCC1)C(C)C. The lowest BCUT2D eigenvalue weighted by molar-refractivity contribution is -0.123. The van der Waals surface area contributed by atoms with Crippen LogP contribution in [-0.2, 0) is 9.53 Å². The van der Waals surface area contributed by atoms with Crippen molar-refractivity contribution in [3.63, 3.8) is 0 Å². The first-order chi connectivity index (χ1) is 9.44. The summed E-state index contributed by atoms with van der Waals surface area (Å²) in [5, 5.41) is 8.16. The molecule has 116 valence electrons. The average molecular weight is 285 g/mol. The lowest BCUT2D eigenvalue weighted by Crippen LogP contribution is -2.54. The third kappa shape index (κ3) is 4.37. The van der Waals surface area contributed by atoms with Gasteiger partial charge >= 0.3 is 6.03 Å². The van der Waals surface area contributed by atoms with Gasteiger partial charge in [-0.1, -0.05) is 20.3 Å². The van der Waals surface area contributed by atoms with Gasteiger partial charge in [-0.25, -0.2) is 4.79 Å². The van der Waals surface area contributed by atoms with Crippen LogP contribution in [0, 0.1) is 11.3 Å². The number of nitrogens with one attached hydrogen (secondary N) is 3. The van der Waals surface area contributed by atoms with Gasteiger partial charge in [-0.05, 0) is 18.8 Å². The highest BCUT2D eigenvalue weighted by atomic mass is 16.5. The van der Waals surface area contributed by atoms with Crippen LogP contribution in [0.15, 0.2) is 0 Å². The highest BCUT2D eigenvalue weighted by Crippen LogP contribution is 2.40. The van der Waals surface area contributed by atoms with E-state index in [0.29, 0.717) is 13.2 Å². The number of hydrogen-bond donors (Lipinski definition) is 3. The zero-order chi connectivity index (χ0) is 15.2. The fourth-order valence-electron chi connectivity index (χ4n) is 2.51. The maximum Gasteiger partial charge on any atom is 0.315 e. The molecule has 0 bridgehead atoms. The van der Waals surface area contributed by atoms with Gasteiger partial charge in [0.05, 0.1) is 6.61 Å². The molecule has 1 aliphatic rings. The van der Waals surface area contributed by atoms with Crippen LogP contribution in [0.1, 0.15) is 33.1 Å². The van der Waals surface area contributed by atoms with Gasteiger partial charge in [0.1, 0.15) is 6.04 Å². The minimum atomic E-state index is -0.514. The highest BCUT2D eigenvalue weighted by Gasteiger charge is 2.37. The summed E-state index contributed by atoms with van der Waals surface area (Å²) in [6.07, 6.45) is 3.33. The summed E-state index contributed by atoms with van der Waals surface area (Å²) >= 11 is 0. The van der Waals surface area contributed by atoms with Crippen LogP contribution < -0.4 is 16.0 Å². The van der Waals surface area contributed by atoms with Crippen molar-refractivity contribution in [3.05, 3.63) is 0 Å². The maximum atomic E-state index is 11.9. The minimum absolute atomic E-state index is 0.0392. The molecule has 0 spiro atoms. The van der Waals surface area contributed by atoms with Gasteiger partial charge < -0.3 is 20.7 Å². The van der Waals surface area contributed by atoms with E-state index in [4.69, 9.17) is 4.74 Å². The van der Waals surface area contributed by atoms with E-state index in [-0.39, 0.29) is 23.3 Å². The number of likely N-dealkylation sites (N-methyl/N-ethyl adjacent to an activating group) is 1. The Labute approximate surface area is 121 Å². The summed E-state index contributed by atoms with van der Waals surface area (Å²) in [7, 11) is 3.25. The smallest absolute Gasteiger partial charge is 0.315 e. The minimum Gasteiger partial charge on any atom is -0.384 e. The second-order valence-corrected chi connectivity index (χ2v) is 5.95. The van der Waals surface area contributed by atoms with Crippen molar-refractivity contribution in [1.82, 2.24) is 16.0 Å². The largest absolute Gasteiger partial charge is 0.384 e. The number of hydrogen-bond acceptors (Lipinski definition) is 3. The van der Waals surface area contributed by atoms with Gasteiger partial charge in [0.2, 0.25) is 5.91 Å². The molecule has 3 amide bonds. The summed E-state index contributed by atoms with van der Waals surface area (Å²) in [6, 6.07) is -0.811. The number of carbonyl (C=O) groups is 2. The summed E-state index contributed by atoms with van der Waals surface area (Å²) in [5.41, 5.74) is 0.0758. The zero-order valence-electron chi connectivity index (χ0n) is 12.9. The third-order valence-electron chi connectivity index (χ3n) is 3.97. The lowest BCUT2D eigenvalue weighted by atomic mass is 9.69. The maximum absolute atomic E-state index is 11.9. The predicted molar refractivity (Wildman–Crippen MR) is 77.4 cm³/mol. The number of amides is 3. The second-order valence-electron chi connectivity index (χ2n) is 5.95. The van der Waals surface area contributed by atoms with Gasteiger partial charge in [-0.3, -0.25) is 4.79 Å². The summed E-state index contributed by atoms with van der Waals surface area (Å²) in [4.78, 5) is 23.6. The van der Waals surface area contributed by atoms with Gasteiger partial charge in [0.25, 0.3) is 0 Å². The van der Waals surface area contributed by atoms with E-state index in [2.05, 4.69) is 16.0 Å². The van der Waals surface area contributed by atoms with Gasteiger partial charge in [0.15, 0.2) is 0 Å². The van der Waals surface area contributed by atoms with Crippen LogP contribution in [0.5, 0.6) is 0 Å². The molecule has 20 heavy (non-hydrogen) atoms. The highest BCUT2D eigenvalue weighted by molar-refractivity contribution is 5.87. The van der Waals surface area contributed by atoms with Crippen LogP contribution >= 0.6 is 0 Å². The number of carbonyl (C=O) groups excluding carboxylic acids is 2. The van der Waals surface area contributed by atoms with E-state index in [1.807, 2.05) is 13.8 Å². The molecular formula is C14H27N3O3. The standard InChI is InChI=1S/C14H27N3O3/c1-10(2)11(12(18)15-3)17-13(19)16-8-14(9-20-4)6-5-7-14/h10-11H,5-9H2,1-4H3,(H,15,18)(H2,16,17,19)/t11-/m0/s1. The first-order valence-corrected chi connectivity index (χ1v) is 7.19. The Balaban J connectivity index is 2.44. The van der Waals surface area contributed by atoms with E-state index >= 15 is 0 Å². The molecule has 0 saturated heterocycles. The van der Waals surface area contributed by atoms with Crippen LogP contribution in [-0.4, -0.2) is 45.3 Å². The molecular weight excluding hydrogens is 258 g/mol. The molecule has 6 nitrogen and oxygen atoms in total. The number of ether oxygens (including phenoxy) is 1. The molecule has 3 N–H and O–H groups in total. The van der Waals surface area contributed by atoms with Gasteiger partial charge in [-0.15, -0.1) is 0 Å². The van der Waals surface area contributed by atoms with Crippen LogP contribution in [0.25, 0.3) is 0 Å². The molecule has 0 unspecified atom stereocenters. The Hall–Kier alpha value is -1.30. The molecule has 1 rings (SSSR count). The summed E-state index contributed by atoms with van der Waals surface area (Å²) < 4.78 is 5.22. The molecule has 0 heterocycles. The van der Waals surface area contributed by atoms with Crippen molar-refractivity contribution in [3.8, 4) is 0 Å². The van der Waals surface area contributed by atoms with E-state index in [1.54, 1.807) is 14.2 Å². The first kappa shape index (κ1) is 16.8.